The third kappa shape index (κ3) is 3.28. The Morgan fingerprint density at radius 3 is 2.63 bits per heavy atom. The topological polar surface area (TPSA) is 49.7 Å². The molecule has 0 aliphatic carbocycles. The molecule has 4 nitrogen and oxygen atoms in total. The van der Waals surface area contributed by atoms with Gasteiger partial charge in [-0.1, -0.05) is 6.92 Å². The molecule has 1 unspecified atom stereocenters. The zero-order valence-corrected chi connectivity index (χ0v) is 12.4. The average molecular weight is 296 g/mol. The van der Waals surface area contributed by atoms with Crippen LogP contribution in [0.4, 0.5) is 5.69 Å². The van der Waals surface area contributed by atoms with Crippen molar-refractivity contribution in [3.8, 4) is 0 Å². The van der Waals surface area contributed by atoms with Crippen LogP contribution >= 0.6 is 12.2 Å². The van der Waals surface area contributed by atoms with E-state index in [0.29, 0.717) is 29.6 Å². The highest BCUT2D eigenvalue weighted by Gasteiger charge is 2.28. The summed E-state index contributed by atoms with van der Waals surface area (Å²) in [6.45, 7) is 3.29. The molecule has 1 fully saturated rings. The summed E-state index contributed by atoms with van der Waals surface area (Å²) < 4.78 is 26.5. The third-order valence-electron chi connectivity index (χ3n) is 3.27. The number of rotatable bonds is 3. The highest BCUT2D eigenvalue weighted by atomic mass is 32.2. The number of thiocarbonyl (C=S) groups is 1. The largest absolute Gasteiger partial charge is 0.243 e. The molecule has 1 aliphatic heterocycles. The average Bonchev–Trinajstić information content (AvgIpc) is 2.40. The number of piperidine rings is 1. The Labute approximate surface area is 119 Å². The van der Waals surface area contributed by atoms with Crippen molar-refractivity contribution in [2.45, 2.75) is 24.7 Å². The normalized spacial score (nSPS) is 20.8. The van der Waals surface area contributed by atoms with E-state index >= 15 is 0 Å². The number of benzene rings is 1. The van der Waals surface area contributed by atoms with Crippen molar-refractivity contribution in [1.82, 2.24) is 4.31 Å². The lowest BCUT2D eigenvalue weighted by Gasteiger charge is -2.30. The Morgan fingerprint density at radius 2 is 2.05 bits per heavy atom. The van der Waals surface area contributed by atoms with E-state index in [2.05, 4.69) is 29.3 Å². The molecule has 0 amide bonds. The Morgan fingerprint density at radius 1 is 1.37 bits per heavy atom. The minimum Gasteiger partial charge on any atom is -0.207 e. The number of hydrogen-bond acceptors (Lipinski definition) is 4. The van der Waals surface area contributed by atoms with Gasteiger partial charge < -0.3 is 0 Å². The van der Waals surface area contributed by atoms with Crippen molar-refractivity contribution in [3.05, 3.63) is 24.3 Å². The van der Waals surface area contributed by atoms with Crippen molar-refractivity contribution in [2.24, 2.45) is 10.9 Å². The summed E-state index contributed by atoms with van der Waals surface area (Å²) in [5.74, 6) is 0.419. The third-order valence-corrected chi connectivity index (χ3v) is 5.24. The van der Waals surface area contributed by atoms with E-state index in [-0.39, 0.29) is 0 Å². The van der Waals surface area contributed by atoms with Gasteiger partial charge in [0.25, 0.3) is 0 Å². The van der Waals surface area contributed by atoms with Gasteiger partial charge in [-0.05, 0) is 55.2 Å². The van der Waals surface area contributed by atoms with Crippen LogP contribution in [0.15, 0.2) is 34.2 Å². The lowest BCUT2D eigenvalue weighted by molar-refractivity contribution is 0.281. The Balaban J connectivity index is 2.25. The Hall–Kier alpha value is -1.07. The molecule has 0 radical (unpaired) electrons. The monoisotopic (exact) mass is 296 g/mol. The molecule has 1 saturated heterocycles. The molecule has 2 rings (SSSR count). The van der Waals surface area contributed by atoms with Crippen LogP contribution in [0.25, 0.3) is 0 Å². The number of nitrogens with zero attached hydrogens (tertiary/aromatic N) is 2. The summed E-state index contributed by atoms with van der Waals surface area (Å²) in [4.78, 5) is 4.12. The van der Waals surface area contributed by atoms with Gasteiger partial charge >= 0.3 is 0 Å². The lowest BCUT2D eigenvalue weighted by Crippen LogP contribution is -2.39. The van der Waals surface area contributed by atoms with Gasteiger partial charge in [-0.3, -0.25) is 0 Å². The fourth-order valence-corrected chi connectivity index (χ4v) is 3.96. The quantitative estimate of drug-likeness (QED) is 0.636. The zero-order valence-electron chi connectivity index (χ0n) is 10.7. The summed E-state index contributed by atoms with van der Waals surface area (Å²) in [5, 5.41) is 2.26. The maximum Gasteiger partial charge on any atom is 0.243 e. The first kappa shape index (κ1) is 14.3. The molecule has 6 heteroatoms. The van der Waals surface area contributed by atoms with Gasteiger partial charge in [-0.2, -0.15) is 9.30 Å². The van der Waals surface area contributed by atoms with Crippen LogP contribution < -0.4 is 0 Å². The first-order valence-corrected chi connectivity index (χ1v) is 8.07. The summed E-state index contributed by atoms with van der Waals surface area (Å²) in [6, 6.07) is 6.42. The summed E-state index contributed by atoms with van der Waals surface area (Å²) in [5.41, 5.74) is 0.612. The molecule has 19 heavy (non-hydrogen) atoms. The molecule has 1 aromatic rings. The predicted molar refractivity (Wildman–Crippen MR) is 78.3 cm³/mol. The number of isothiocyanates is 1. The summed E-state index contributed by atoms with van der Waals surface area (Å²) >= 11 is 4.51. The minimum absolute atomic E-state index is 0.310. The van der Waals surface area contributed by atoms with Gasteiger partial charge in [-0.15, -0.1) is 0 Å². The number of aliphatic imine (C=N–C) groups is 1. The van der Waals surface area contributed by atoms with Crippen molar-refractivity contribution < 1.29 is 8.42 Å². The van der Waals surface area contributed by atoms with Crippen molar-refractivity contribution >= 4 is 33.1 Å². The fraction of sp³-hybridized carbons (Fsp3) is 0.462. The second-order valence-corrected chi connectivity index (χ2v) is 6.93. The highest BCUT2D eigenvalue weighted by Crippen LogP contribution is 2.24. The van der Waals surface area contributed by atoms with Crippen LogP contribution in [0.2, 0.25) is 0 Å². The maximum absolute atomic E-state index is 12.5. The fourth-order valence-electron chi connectivity index (χ4n) is 2.26. The van der Waals surface area contributed by atoms with Gasteiger partial charge in [0.05, 0.1) is 15.7 Å². The predicted octanol–water partition coefficient (Wildman–Crippen LogP) is 2.84. The molecule has 0 N–H and O–H groups in total. The molecule has 1 aliphatic rings. The molecule has 0 bridgehead atoms. The molecule has 102 valence electrons. The molecular formula is C13H16N2O2S2. The van der Waals surface area contributed by atoms with Crippen LogP contribution in [-0.4, -0.2) is 31.0 Å². The first-order chi connectivity index (χ1) is 9.04. The SMILES string of the molecule is CC1CCCN(S(=O)(=O)c2ccc(N=C=S)cc2)C1. The van der Waals surface area contributed by atoms with Gasteiger partial charge in [0.1, 0.15) is 0 Å². The molecule has 1 aromatic carbocycles. The van der Waals surface area contributed by atoms with Crippen LogP contribution in [0.3, 0.4) is 0 Å². The van der Waals surface area contributed by atoms with Crippen LogP contribution in [0, 0.1) is 5.92 Å². The minimum atomic E-state index is -3.38. The smallest absolute Gasteiger partial charge is 0.207 e. The summed E-state index contributed by atoms with van der Waals surface area (Å²) in [7, 11) is -3.38. The first-order valence-electron chi connectivity index (χ1n) is 6.22. The molecular weight excluding hydrogens is 280 g/mol. The second kappa shape index (κ2) is 5.92. The molecule has 0 aromatic heterocycles. The molecule has 0 spiro atoms. The summed E-state index contributed by atoms with van der Waals surface area (Å²) in [6.07, 6.45) is 2.02. The van der Waals surface area contributed by atoms with Crippen LogP contribution in [0.1, 0.15) is 19.8 Å². The number of hydrogen-bond donors (Lipinski definition) is 0. The van der Waals surface area contributed by atoms with E-state index in [4.69, 9.17) is 0 Å². The van der Waals surface area contributed by atoms with E-state index in [1.165, 1.54) is 0 Å². The van der Waals surface area contributed by atoms with Gasteiger partial charge in [0, 0.05) is 13.1 Å². The Bertz CT molecular complexity index is 590. The second-order valence-electron chi connectivity index (χ2n) is 4.81. The standard InChI is InChI=1S/C13H16N2O2S2/c1-11-3-2-8-15(9-11)19(16,17)13-6-4-12(5-7-13)14-10-18/h4-7,11H,2-3,8-9H2,1H3. The molecule has 1 atom stereocenters. The molecule has 0 saturated carbocycles. The van der Waals surface area contributed by atoms with Crippen molar-refractivity contribution in [1.29, 1.82) is 0 Å². The van der Waals surface area contributed by atoms with Crippen molar-refractivity contribution in [3.63, 3.8) is 0 Å². The van der Waals surface area contributed by atoms with E-state index in [1.807, 2.05) is 0 Å². The van der Waals surface area contributed by atoms with Crippen LogP contribution in [-0.2, 0) is 10.0 Å². The Kier molecular flexibility index (Phi) is 4.47. The zero-order chi connectivity index (χ0) is 13.9. The maximum atomic E-state index is 12.5. The van der Waals surface area contributed by atoms with E-state index in [0.717, 1.165) is 12.8 Å². The molecule has 1 heterocycles. The highest BCUT2D eigenvalue weighted by molar-refractivity contribution is 7.89. The van der Waals surface area contributed by atoms with E-state index in [9.17, 15) is 8.42 Å². The van der Waals surface area contributed by atoms with Gasteiger partial charge in [0.2, 0.25) is 10.0 Å². The van der Waals surface area contributed by atoms with E-state index < -0.39 is 10.0 Å². The van der Waals surface area contributed by atoms with E-state index in [1.54, 1.807) is 28.6 Å². The lowest BCUT2D eigenvalue weighted by atomic mass is 10.0. The number of sulfonamides is 1. The van der Waals surface area contributed by atoms with Crippen LogP contribution in [0.5, 0.6) is 0 Å². The van der Waals surface area contributed by atoms with Gasteiger partial charge in [-0.25, -0.2) is 8.42 Å². The van der Waals surface area contributed by atoms with Gasteiger partial charge in [0.15, 0.2) is 0 Å². The van der Waals surface area contributed by atoms with Crippen molar-refractivity contribution in [2.75, 3.05) is 13.1 Å².